The van der Waals surface area contributed by atoms with Crippen LogP contribution in [0.3, 0.4) is 0 Å². The Labute approximate surface area is 318 Å². The van der Waals surface area contributed by atoms with Gasteiger partial charge >= 0.3 is 11.9 Å². The average molecular weight is 765 g/mol. The predicted molar refractivity (Wildman–Crippen MR) is 192 cm³/mol. The summed E-state index contributed by atoms with van der Waals surface area (Å²) in [5.74, 6) is -1.07. The molecule has 13 nitrogen and oxygen atoms in total. The summed E-state index contributed by atoms with van der Waals surface area (Å²) < 4.78 is 23.5. The van der Waals surface area contributed by atoms with E-state index < -0.39 is 90.3 Å². The van der Waals surface area contributed by atoms with Gasteiger partial charge in [-0.1, -0.05) is 53.2 Å². The molecular formula is C41H64O13. The standard InChI is InChI=1S/C41H64O13/c1-19-26(42)27(43)29(45)34(51-19)53-31-28(44)30(46)35(54-32(31)33(47)48)52-25-12-14-40(7)23(38(25,4)5)11-13-39(6)21-10-15-41(36(49)50)17-16-37(2,3)18-22(41)20(21)8-9-24(39)40/h8,19,21-32,34-35,42-46H,9-18H2,1-7H3,(H,47,48)(H,49,50). The molecule has 2 aliphatic heterocycles. The first-order chi connectivity index (χ1) is 25.1. The van der Waals surface area contributed by atoms with Crippen molar-refractivity contribution in [3.63, 3.8) is 0 Å². The maximum absolute atomic E-state index is 12.9. The van der Waals surface area contributed by atoms with Crippen molar-refractivity contribution in [2.24, 2.45) is 50.7 Å². The molecule has 2 heterocycles. The number of carbonyl (C=O) groups is 2. The van der Waals surface area contributed by atoms with Gasteiger partial charge in [0.25, 0.3) is 0 Å². The molecule has 6 fully saturated rings. The van der Waals surface area contributed by atoms with Crippen LogP contribution in [-0.2, 0) is 28.5 Å². The Bertz CT molecular complexity index is 1500. The van der Waals surface area contributed by atoms with Gasteiger partial charge in [-0.05, 0) is 116 Å². The van der Waals surface area contributed by atoms with Gasteiger partial charge in [0, 0.05) is 0 Å². The second kappa shape index (κ2) is 13.7. The number of carboxylic acid groups (broad SMARTS) is 2. The second-order valence-electron chi connectivity index (χ2n) is 20.1. The number of ether oxygens (including phenoxy) is 4. The van der Waals surface area contributed by atoms with Gasteiger partial charge in [0.05, 0.1) is 17.6 Å². The summed E-state index contributed by atoms with van der Waals surface area (Å²) in [4.78, 5) is 25.4. The molecule has 13 heteroatoms. The Balaban J connectivity index is 1.08. The highest BCUT2D eigenvalue weighted by Crippen LogP contribution is 2.72. The molecule has 0 aromatic rings. The van der Waals surface area contributed by atoms with E-state index in [0.29, 0.717) is 18.3 Å². The van der Waals surface area contributed by atoms with Crippen LogP contribution in [0.25, 0.3) is 0 Å². The molecule has 54 heavy (non-hydrogen) atoms. The Morgan fingerprint density at radius 1 is 0.704 bits per heavy atom. The van der Waals surface area contributed by atoms with Gasteiger partial charge in [-0.15, -0.1) is 0 Å². The quantitative estimate of drug-likeness (QED) is 0.152. The van der Waals surface area contributed by atoms with Gasteiger partial charge in [-0.2, -0.15) is 0 Å². The van der Waals surface area contributed by atoms with Crippen molar-refractivity contribution in [3.05, 3.63) is 11.6 Å². The minimum atomic E-state index is -1.80. The molecule has 0 aromatic carbocycles. The highest BCUT2D eigenvalue weighted by molar-refractivity contribution is 5.76. The second-order valence-corrected chi connectivity index (χ2v) is 20.1. The van der Waals surface area contributed by atoms with Crippen LogP contribution in [0.2, 0.25) is 0 Å². The van der Waals surface area contributed by atoms with Crippen LogP contribution in [0, 0.1) is 50.7 Å². The van der Waals surface area contributed by atoms with Gasteiger partial charge in [-0.3, -0.25) is 4.79 Å². The molecule has 0 amide bonds. The van der Waals surface area contributed by atoms with Crippen LogP contribution < -0.4 is 0 Å². The zero-order valence-corrected chi connectivity index (χ0v) is 32.9. The zero-order valence-electron chi connectivity index (χ0n) is 32.9. The molecule has 7 rings (SSSR count). The van der Waals surface area contributed by atoms with Crippen molar-refractivity contribution in [1.29, 1.82) is 0 Å². The summed E-state index contributed by atoms with van der Waals surface area (Å²) >= 11 is 0. The molecule has 7 aliphatic rings. The number of hydrogen-bond acceptors (Lipinski definition) is 11. The number of aliphatic hydroxyl groups excluding tert-OH is 5. The van der Waals surface area contributed by atoms with Crippen molar-refractivity contribution in [2.75, 3.05) is 0 Å². The summed E-state index contributed by atoms with van der Waals surface area (Å²) in [5.41, 5.74) is 0.418. The summed E-state index contributed by atoms with van der Waals surface area (Å²) in [6.45, 7) is 15.2. The normalized spacial score (nSPS) is 52.4. The molecule has 4 saturated carbocycles. The van der Waals surface area contributed by atoms with E-state index in [1.165, 1.54) is 12.5 Å². The third-order valence-corrected chi connectivity index (χ3v) is 16.4. The SMILES string of the molecule is CC1OC(OC2C(C(=O)O)OC(OC3CCC4(C)C(CCC5(C)C6CCC7(C(=O)O)CCC(C)(C)CC7C6=CCC54)C3(C)C)C(O)C2O)C(O)C(O)C1O. The van der Waals surface area contributed by atoms with Crippen molar-refractivity contribution in [3.8, 4) is 0 Å². The van der Waals surface area contributed by atoms with E-state index in [4.69, 9.17) is 18.9 Å². The van der Waals surface area contributed by atoms with E-state index in [0.717, 1.165) is 57.8 Å². The molecule has 18 unspecified atom stereocenters. The molecule has 0 radical (unpaired) electrons. The van der Waals surface area contributed by atoms with E-state index in [1.807, 2.05) is 0 Å². The Kier molecular flexibility index (Phi) is 10.3. The van der Waals surface area contributed by atoms with Crippen LogP contribution in [0.5, 0.6) is 0 Å². The average Bonchev–Trinajstić information content (AvgIpc) is 3.09. The van der Waals surface area contributed by atoms with Gasteiger partial charge in [0.2, 0.25) is 0 Å². The fourth-order valence-corrected chi connectivity index (χ4v) is 13.3. The third-order valence-electron chi connectivity index (χ3n) is 16.4. The van der Waals surface area contributed by atoms with Crippen molar-refractivity contribution in [1.82, 2.24) is 0 Å². The lowest BCUT2D eigenvalue weighted by Gasteiger charge is -2.68. The van der Waals surface area contributed by atoms with Gasteiger partial charge < -0.3 is 54.7 Å². The maximum atomic E-state index is 12.9. The van der Waals surface area contributed by atoms with Crippen LogP contribution >= 0.6 is 0 Å². The highest BCUT2D eigenvalue weighted by Gasteiger charge is 2.66. The number of allylic oxidation sites excluding steroid dienone is 2. The van der Waals surface area contributed by atoms with Crippen molar-refractivity contribution >= 4 is 11.9 Å². The molecule has 0 aromatic heterocycles. The lowest BCUT2D eigenvalue weighted by molar-refractivity contribution is -0.360. The molecular weight excluding hydrogens is 700 g/mol. The molecule has 18 atom stereocenters. The summed E-state index contributed by atoms with van der Waals surface area (Å²) in [5, 5.41) is 74.0. The molecule has 0 spiro atoms. The van der Waals surface area contributed by atoms with Crippen LogP contribution in [0.15, 0.2) is 11.6 Å². The topological polar surface area (TPSA) is 213 Å². The molecule has 306 valence electrons. The van der Waals surface area contributed by atoms with E-state index in [9.17, 15) is 45.3 Å². The Morgan fingerprint density at radius 3 is 2.02 bits per heavy atom. The number of carboxylic acids is 2. The predicted octanol–water partition coefficient (Wildman–Crippen LogP) is 3.61. The third kappa shape index (κ3) is 6.13. The lowest BCUT2D eigenvalue weighted by atomic mass is 9.37. The Morgan fingerprint density at radius 2 is 1.35 bits per heavy atom. The fourth-order valence-electron chi connectivity index (χ4n) is 13.3. The number of rotatable bonds is 6. The molecule has 2 saturated heterocycles. The van der Waals surface area contributed by atoms with Crippen LogP contribution in [0.4, 0.5) is 0 Å². The van der Waals surface area contributed by atoms with E-state index in [-0.39, 0.29) is 28.1 Å². The van der Waals surface area contributed by atoms with Crippen molar-refractivity contribution in [2.45, 2.75) is 180 Å². The van der Waals surface area contributed by atoms with Crippen LogP contribution in [-0.4, -0.2) is 115 Å². The smallest absolute Gasteiger partial charge is 0.335 e. The van der Waals surface area contributed by atoms with Crippen LogP contribution in [0.1, 0.15) is 113 Å². The molecule has 0 bridgehead atoms. The number of fused-ring (bicyclic) bond motifs is 7. The highest BCUT2D eigenvalue weighted by atomic mass is 16.7. The number of aliphatic hydroxyl groups is 5. The van der Waals surface area contributed by atoms with E-state index >= 15 is 0 Å². The fraction of sp³-hybridized carbons (Fsp3) is 0.902. The lowest BCUT2D eigenvalue weighted by Crippen LogP contribution is -2.66. The first-order valence-electron chi connectivity index (χ1n) is 20.3. The first kappa shape index (κ1) is 40.5. The van der Waals surface area contributed by atoms with E-state index in [2.05, 4.69) is 47.6 Å². The molecule has 7 N–H and O–H groups in total. The largest absolute Gasteiger partial charge is 0.481 e. The maximum Gasteiger partial charge on any atom is 0.335 e. The minimum Gasteiger partial charge on any atom is -0.481 e. The van der Waals surface area contributed by atoms with Gasteiger partial charge in [-0.25, -0.2) is 4.79 Å². The van der Waals surface area contributed by atoms with Gasteiger partial charge in [0.15, 0.2) is 18.7 Å². The number of hydrogen-bond donors (Lipinski definition) is 7. The summed E-state index contributed by atoms with van der Waals surface area (Å²) in [6.07, 6.45) is -5.25. The zero-order chi connectivity index (χ0) is 39.5. The van der Waals surface area contributed by atoms with Gasteiger partial charge in [0.1, 0.15) is 36.6 Å². The van der Waals surface area contributed by atoms with E-state index in [1.54, 1.807) is 0 Å². The first-order valence-corrected chi connectivity index (χ1v) is 20.3. The number of aliphatic carboxylic acids is 2. The minimum absolute atomic E-state index is 0.0312. The summed E-state index contributed by atoms with van der Waals surface area (Å²) in [6, 6.07) is 0. The Hall–Kier alpha value is -1.68. The molecule has 5 aliphatic carbocycles. The monoisotopic (exact) mass is 764 g/mol. The summed E-state index contributed by atoms with van der Waals surface area (Å²) in [7, 11) is 0. The van der Waals surface area contributed by atoms with Crippen molar-refractivity contribution < 1.29 is 64.3 Å².